The third-order valence-electron chi connectivity index (χ3n) is 3.08. The van der Waals surface area contributed by atoms with Gasteiger partial charge in [0.1, 0.15) is 0 Å². The molecule has 3 nitrogen and oxygen atoms in total. The molecule has 78 valence electrons. The van der Waals surface area contributed by atoms with Crippen LogP contribution in [0.3, 0.4) is 0 Å². The highest BCUT2D eigenvalue weighted by molar-refractivity contribution is 4.97. The maximum atomic E-state index is 9.72. The zero-order chi connectivity index (χ0) is 10.3. The molecule has 1 aliphatic carbocycles. The van der Waals surface area contributed by atoms with Crippen molar-refractivity contribution in [3.63, 3.8) is 0 Å². The van der Waals surface area contributed by atoms with Crippen LogP contribution >= 0.6 is 0 Å². The summed E-state index contributed by atoms with van der Waals surface area (Å²) in [5.41, 5.74) is -0.558. The quantitative estimate of drug-likeness (QED) is 0.562. The number of hydrogen-bond acceptors (Lipinski definition) is 3. The van der Waals surface area contributed by atoms with Crippen LogP contribution in [-0.4, -0.2) is 34.1 Å². The van der Waals surface area contributed by atoms with Crippen molar-refractivity contribution in [2.75, 3.05) is 6.61 Å². The summed E-state index contributed by atoms with van der Waals surface area (Å²) in [6, 6.07) is 0. The number of rotatable bonds is 1. The molecule has 0 bridgehead atoms. The molecule has 0 radical (unpaired) electrons. The van der Waals surface area contributed by atoms with Crippen LogP contribution in [0.15, 0.2) is 0 Å². The van der Waals surface area contributed by atoms with Gasteiger partial charge in [-0.1, -0.05) is 20.8 Å². The second-order valence-corrected chi connectivity index (χ2v) is 5.37. The molecule has 3 heteroatoms. The SMILES string of the molecule is CC1(C)CC(O)C(O)C(C)(CO)C1. The molecule has 1 saturated carbocycles. The highest BCUT2D eigenvalue weighted by atomic mass is 16.3. The summed E-state index contributed by atoms with van der Waals surface area (Å²) in [5, 5.41) is 28.5. The van der Waals surface area contributed by atoms with Crippen LogP contribution in [0.4, 0.5) is 0 Å². The normalized spacial score (nSPS) is 44.8. The molecular formula is C10H20O3. The Bertz CT molecular complexity index is 191. The van der Waals surface area contributed by atoms with Gasteiger partial charge in [-0.05, 0) is 18.3 Å². The fourth-order valence-corrected chi connectivity index (χ4v) is 2.56. The zero-order valence-corrected chi connectivity index (χ0v) is 8.62. The van der Waals surface area contributed by atoms with Crippen molar-refractivity contribution >= 4 is 0 Å². The third kappa shape index (κ3) is 2.03. The van der Waals surface area contributed by atoms with Crippen LogP contribution in [-0.2, 0) is 0 Å². The van der Waals surface area contributed by atoms with Gasteiger partial charge in [-0.15, -0.1) is 0 Å². The Labute approximate surface area is 79.4 Å². The molecule has 3 atom stereocenters. The minimum atomic E-state index is -0.800. The molecule has 0 amide bonds. The molecule has 0 aromatic carbocycles. The lowest BCUT2D eigenvalue weighted by Crippen LogP contribution is -2.52. The first kappa shape index (κ1) is 11.0. The van der Waals surface area contributed by atoms with Gasteiger partial charge in [0.05, 0.1) is 18.8 Å². The average Bonchev–Trinajstić information content (AvgIpc) is 1.99. The number of hydrogen-bond donors (Lipinski definition) is 3. The molecule has 1 aliphatic rings. The van der Waals surface area contributed by atoms with E-state index in [-0.39, 0.29) is 12.0 Å². The van der Waals surface area contributed by atoms with Gasteiger partial charge in [-0.25, -0.2) is 0 Å². The Morgan fingerprint density at radius 3 is 2.23 bits per heavy atom. The standard InChI is InChI=1S/C10H20O3/c1-9(2)4-7(12)8(13)10(3,5-9)6-11/h7-8,11-13H,4-6H2,1-3H3. The Kier molecular flexibility index (Phi) is 2.72. The fraction of sp³-hybridized carbons (Fsp3) is 1.00. The third-order valence-corrected chi connectivity index (χ3v) is 3.08. The summed E-state index contributed by atoms with van der Waals surface area (Å²) >= 11 is 0. The first-order valence-corrected chi connectivity index (χ1v) is 4.78. The predicted octanol–water partition coefficient (Wildman–Crippen LogP) is 0.527. The summed E-state index contributed by atoms with van der Waals surface area (Å²) in [4.78, 5) is 0. The first-order chi connectivity index (χ1) is 5.81. The van der Waals surface area contributed by atoms with Crippen molar-refractivity contribution in [2.45, 2.75) is 45.8 Å². The van der Waals surface area contributed by atoms with Crippen molar-refractivity contribution in [2.24, 2.45) is 10.8 Å². The van der Waals surface area contributed by atoms with Crippen molar-refractivity contribution < 1.29 is 15.3 Å². The summed E-state index contributed by atoms with van der Waals surface area (Å²) in [6.45, 7) is 5.85. The maximum Gasteiger partial charge on any atom is 0.0874 e. The van der Waals surface area contributed by atoms with E-state index in [1.165, 1.54) is 0 Å². The van der Waals surface area contributed by atoms with Gasteiger partial charge in [0.15, 0.2) is 0 Å². The molecular weight excluding hydrogens is 168 g/mol. The first-order valence-electron chi connectivity index (χ1n) is 4.78. The maximum absolute atomic E-state index is 9.72. The predicted molar refractivity (Wildman–Crippen MR) is 50.2 cm³/mol. The molecule has 13 heavy (non-hydrogen) atoms. The Balaban J connectivity index is 2.84. The van der Waals surface area contributed by atoms with Crippen molar-refractivity contribution in [1.29, 1.82) is 0 Å². The van der Waals surface area contributed by atoms with E-state index >= 15 is 0 Å². The Morgan fingerprint density at radius 2 is 1.77 bits per heavy atom. The Hall–Kier alpha value is -0.120. The van der Waals surface area contributed by atoms with Crippen LogP contribution < -0.4 is 0 Å². The Morgan fingerprint density at radius 1 is 1.23 bits per heavy atom. The van der Waals surface area contributed by atoms with Crippen LogP contribution in [0, 0.1) is 10.8 Å². The van der Waals surface area contributed by atoms with Gasteiger partial charge in [0.25, 0.3) is 0 Å². The van der Waals surface area contributed by atoms with Crippen molar-refractivity contribution in [3.05, 3.63) is 0 Å². The lowest BCUT2D eigenvalue weighted by molar-refractivity contribution is -0.139. The molecule has 0 aromatic rings. The monoisotopic (exact) mass is 188 g/mol. The second-order valence-electron chi connectivity index (χ2n) is 5.37. The molecule has 0 heterocycles. The van der Waals surface area contributed by atoms with E-state index in [0.29, 0.717) is 6.42 Å². The summed E-state index contributed by atoms with van der Waals surface area (Å²) in [5.74, 6) is 0. The molecule has 0 saturated heterocycles. The van der Waals surface area contributed by atoms with E-state index in [1.54, 1.807) is 0 Å². The minimum Gasteiger partial charge on any atom is -0.396 e. The van der Waals surface area contributed by atoms with Gasteiger partial charge >= 0.3 is 0 Å². The van der Waals surface area contributed by atoms with E-state index < -0.39 is 17.6 Å². The fourth-order valence-electron chi connectivity index (χ4n) is 2.56. The molecule has 1 fully saturated rings. The average molecular weight is 188 g/mol. The van der Waals surface area contributed by atoms with E-state index in [4.69, 9.17) is 0 Å². The highest BCUT2D eigenvalue weighted by Crippen LogP contribution is 2.45. The topological polar surface area (TPSA) is 60.7 Å². The summed E-state index contributed by atoms with van der Waals surface area (Å²) < 4.78 is 0. The molecule has 0 aromatic heterocycles. The van der Waals surface area contributed by atoms with E-state index in [2.05, 4.69) is 13.8 Å². The number of aliphatic hydroxyl groups is 3. The largest absolute Gasteiger partial charge is 0.396 e. The molecule has 0 spiro atoms. The van der Waals surface area contributed by atoms with Crippen LogP contribution in [0.5, 0.6) is 0 Å². The molecule has 1 rings (SSSR count). The lowest BCUT2D eigenvalue weighted by Gasteiger charge is -2.47. The van der Waals surface area contributed by atoms with Crippen molar-refractivity contribution in [3.8, 4) is 0 Å². The molecule has 3 N–H and O–H groups in total. The summed E-state index contributed by atoms with van der Waals surface area (Å²) in [6.07, 6.45) is -0.162. The van der Waals surface area contributed by atoms with E-state index in [9.17, 15) is 15.3 Å². The van der Waals surface area contributed by atoms with E-state index in [0.717, 1.165) is 6.42 Å². The van der Waals surface area contributed by atoms with Gasteiger partial charge in [-0.3, -0.25) is 0 Å². The second kappa shape index (κ2) is 3.23. The smallest absolute Gasteiger partial charge is 0.0874 e. The van der Waals surface area contributed by atoms with Gasteiger partial charge in [0.2, 0.25) is 0 Å². The van der Waals surface area contributed by atoms with Crippen LogP contribution in [0.25, 0.3) is 0 Å². The van der Waals surface area contributed by atoms with E-state index in [1.807, 2.05) is 6.92 Å². The van der Waals surface area contributed by atoms with Gasteiger partial charge < -0.3 is 15.3 Å². The summed E-state index contributed by atoms with van der Waals surface area (Å²) in [7, 11) is 0. The lowest BCUT2D eigenvalue weighted by atomic mass is 9.62. The van der Waals surface area contributed by atoms with Crippen LogP contribution in [0.2, 0.25) is 0 Å². The van der Waals surface area contributed by atoms with Crippen LogP contribution in [0.1, 0.15) is 33.6 Å². The zero-order valence-electron chi connectivity index (χ0n) is 8.62. The van der Waals surface area contributed by atoms with Crippen molar-refractivity contribution in [1.82, 2.24) is 0 Å². The molecule has 3 unspecified atom stereocenters. The van der Waals surface area contributed by atoms with Gasteiger partial charge in [0, 0.05) is 5.41 Å². The highest BCUT2D eigenvalue weighted by Gasteiger charge is 2.47. The molecule has 0 aliphatic heterocycles. The minimum absolute atomic E-state index is 0.00384. The number of aliphatic hydroxyl groups excluding tert-OH is 3. The van der Waals surface area contributed by atoms with Gasteiger partial charge in [-0.2, -0.15) is 0 Å².